The minimum Gasteiger partial charge on any atom is -0.454 e. The third kappa shape index (κ3) is 4.33. The van der Waals surface area contributed by atoms with Gasteiger partial charge in [-0.2, -0.15) is 0 Å². The van der Waals surface area contributed by atoms with Crippen molar-refractivity contribution in [1.29, 1.82) is 0 Å². The van der Waals surface area contributed by atoms with E-state index in [2.05, 4.69) is 0 Å². The van der Waals surface area contributed by atoms with Crippen LogP contribution in [0.15, 0.2) is 58.4 Å². The van der Waals surface area contributed by atoms with Gasteiger partial charge >= 0.3 is 0 Å². The largest absolute Gasteiger partial charge is 0.454 e. The second kappa shape index (κ2) is 9.16. The summed E-state index contributed by atoms with van der Waals surface area (Å²) in [6.45, 7) is 8.03. The number of anilines is 1. The van der Waals surface area contributed by atoms with E-state index in [1.807, 2.05) is 64.1 Å². The number of nitro groups is 1. The second-order valence-corrected chi connectivity index (χ2v) is 9.71. The van der Waals surface area contributed by atoms with Crippen molar-refractivity contribution in [3.05, 3.63) is 91.4 Å². The average Bonchev–Trinajstić information content (AvgIpc) is 3.41. The lowest BCUT2D eigenvalue weighted by Gasteiger charge is -2.17. The van der Waals surface area contributed by atoms with Crippen molar-refractivity contribution in [1.82, 2.24) is 0 Å². The van der Waals surface area contributed by atoms with E-state index in [9.17, 15) is 14.9 Å². The summed E-state index contributed by atoms with van der Waals surface area (Å²) >= 11 is 1.18. The van der Waals surface area contributed by atoms with E-state index in [4.69, 9.17) is 14.5 Å². The van der Waals surface area contributed by atoms with Gasteiger partial charge in [0.25, 0.3) is 11.6 Å². The molecule has 0 aliphatic carbocycles. The van der Waals surface area contributed by atoms with Crippen LogP contribution in [-0.2, 0) is 4.79 Å². The third-order valence-electron chi connectivity index (χ3n) is 6.28. The Bertz CT molecular complexity index is 1490. The Labute approximate surface area is 212 Å². The number of ether oxygens (including phenoxy) is 2. The van der Waals surface area contributed by atoms with Gasteiger partial charge in [-0.15, -0.1) is 0 Å². The maximum atomic E-state index is 13.7. The fourth-order valence-corrected chi connectivity index (χ4v) is 4.90. The number of benzene rings is 3. The van der Waals surface area contributed by atoms with Crippen molar-refractivity contribution in [3.63, 3.8) is 0 Å². The summed E-state index contributed by atoms with van der Waals surface area (Å²) < 4.78 is 10.7. The number of fused-ring (bicyclic) bond motifs is 1. The maximum absolute atomic E-state index is 13.7. The number of nitrogens with zero attached hydrogens (tertiary/aromatic N) is 3. The lowest BCUT2D eigenvalue weighted by Crippen LogP contribution is -2.28. The topological polar surface area (TPSA) is 94.3 Å². The minimum absolute atomic E-state index is 0.00643. The second-order valence-electron chi connectivity index (χ2n) is 8.70. The Morgan fingerprint density at radius 1 is 0.944 bits per heavy atom. The van der Waals surface area contributed by atoms with Gasteiger partial charge < -0.3 is 9.47 Å². The van der Waals surface area contributed by atoms with E-state index in [0.717, 1.165) is 27.9 Å². The van der Waals surface area contributed by atoms with Crippen molar-refractivity contribution >= 4 is 46.0 Å². The number of amides is 1. The van der Waals surface area contributed by atoms with Gasteiger partial charge in [-0.25, -0.2) is 4.99 Å². The normalized spacial score (nSPS) is 16.9. The van der Waals surface area contributed by atoms with Gasteiger partial charge in [0.15, 0.2) is 16.7 Å². The van der Waals surface area contributed by atoms with Crippen molar-refractivity contribution in [2.45, 2.75) is 27.7 Å². The summed E-state index contributed by atoms with van der Waals surface area (Å²) in [6, 6.07) is 14.5. The molecule has 2 heterocycles. The van der Waals surface area contributed by atoms with E-state index in [1.165, 1.54) is 30.0 Å². The molecule has 0 atom stereocenters. The summed E-state index contributed by atoms with van der Waals surface area (Å²) in [6.07, 6.45) is 1.52. The summed E-state index contributed by atoms with van der Waals surface area (Å²) in [5, 5.41) is 12.2. The molecule has 0 aromatic heterocycles. The molecule has 3 aromatic carbocycles. The Morgan fingerprint density at radius 2 is 1.61 bits per heavy atom. The molecule has 1 saturated heterocycles. The molecule has 0 saturated carbocycles. The van der Waals surface area contributed by atoms with Gasteiger partial charge in [0.2, 0.25) is 6.79 Å². The van der Waals surface area contributed by atoms with Crippen LogP contribution in [0.2, 0.25) is 0 Å². The Kier molecular flexibility index (Phi) is 6.01. The van der Waals surface area contributed by atoms with Crippen LogP contribution >= 0.6 is 11.8 Å². The smallest absolute Gasteiger partial charge is 0.280 e. The average molecular weight is 502 g/mol. The van der Waals surface area contributed by atoms with Crippen LogP contribution in [0.25, 0.3) is 6.08 Å². The highest BCUT2D eigenvalue weighted by Gasteiger charge is 2.36. The summed E-state index contributed by atoms with van der Waals surface area (Å²) in [5.74, 6) is 0.402. The number of hydrogen-bond acceptors (Lipinski definition) is 7. The molecule has 2 aliphatic heterocycles. The predicted molar refractivity (Wildman–Crippen MR) is 141 cm³/mol. The van der Waals surface area contributed by atoms with Gasteiger partial charge in [0.1, 0.15) is 0 Å². The van der Waals surface area contributed by atoms with E-state index in [-0.39, 0.29) is 24.0 Å². The zero-order valence-corrected chi connectivity index (χ0v) is 21.0. The number of hydrogen-bond donors (Lipinski definition) is 0. The quantitative estimate of drug-likeness (QED) is 0.234. The first kappa shape index (κ1) is 23.6. The fraction of sp³-hybridized carbons (Fsp3) is 0.185. The predicted octanol–water partition coefficient (Wildman–Crippen LogP) is 6.37. The Balaban J connectivity index is 1.63. The SMILES string of the molecule is Cc1ccc(N=C2SC(=Cc3cc4c(cc3[N+](=O)[O-])OCO4)C(=O)N2c2ccc(C)c(C)c2)cc1C. The summed E-state index contributed by atoms with van der Waals surface area (Å²) in [5.41, 5.74) is 5.88. The molecule has 0 spiro atoms. The molecule has 2 aliphatic rings. The molecule has 8 nitrogen and oxygen atoms in total. The van der Waals surface area contributed by atoms with E-state index >= 15 is 0 Å². The van der Waals surface area contributed by atoms with E-state index in [1.54, 1.807) is 4.90 Å². The van der Waals surface area contributed by atoms with E-state index < -0.39 is 4.92 Å². The number of carbonyl (C=O) groups excluding carboxylic acids is 1. The molecule has 36 heavy (non-hydrogen) atoms. The standard InChI is InChI=1S/C27H23N3O5S/c1-15-5-7-20(9-17(15)3)28-27-29(21-8-6-16(2)18(4)10-21)26(31)25(36-27)12-19-11-23-24(35-14-34-23)13-22(19)30(32)33/h5-13H,14H2,1-4H3. The van der Waals surface area contributed by atoms with Crippen LogP contribution in [-0.4, -0.2) is 22.8 Å². The van der Waals surface area contributed by atoms with Crippen LogP contribution in [0.3, 0.4) is 0 Å². The van der Waals surface area contributed by atoms with Crippen molar-refractivity contribution in [2.24, 2.45) is 4.99 Å². The number of amidine groups is 1. The van der Waals surface area contributed by atoms with Gasteiger partial charge in [0, 0.05) is 0 Å². The van der Waals surface area contributed by atoms with Crippen LogP contribution in [0, 0.1) is 37.8 Å². The molecule has 1 amide bonds. The van der Waals surface area contributed by atoms with Gasteiger partial charge in [0.05, 0.1) is 32.8 Å². The molecule has 9 heteroatoms. The Hall–Kier alpha value is -4.11. The third-order valence-corrected chi connectivity index (χ3v) is 7.24. The number of aryl methyl sites for hydroxylation is 4. The Morgan fingerprint density at radius 3 is 2.28 bits per heavy atom. The van der Waals surface area contributed by atoms with Crippen LogP contribution < -0.4 is 14.4 Å². The fourth-order valence-electron chi connectivity index (χ4n) is 3.91. The zero-order chi connectivity index (χ0) is 25.6. The molecule has 0 N–H and O–H groups in total. The number of nitro benzene ring substituents is 1. The lowest BCUT2D eigenvalue weighted by atomic mass is 10.1. The first-order valence-corrected chi connectivity index (χ1v) is 12.1. The minimum atomic E-state index is -0.496. The van der Waals surface area contributed by atoms with Crippen molar-refractivity contribution in [3.8, 4) is 11.5 Å². The first-order chi connectivity index (χ1) is 17.2. The van der Waals surface area contributed by atoms with Crippen molar-refractivity contribution in [2.75, 3.05) is 11.7 Å². The maximum Gasteiger partial charge on any atom is 0.280 e. The molecule has 5 rings (SSSR count). The van der Waals surface area contributed by atoms with Crippen LogP contribution in [0.1, 0.15) is 27.8 Å². The number of thioether (sulfide) groups is 1. The van der Waals surface area contributed by atoms with Gasteiger partial charge in [-0.1, -0.05) is 12.1 Å². The monoisotopic (exact) mass is 501 g/mol. The zero-order valence-electron chi connectivity index (χ0n) is 20.2. The number of carbonyl (C=O) groups is 1. The molecular formula is C27H23N3O5S. The highest BCUT2D eigenvalue weighted by atomic mass is 32.2. The highest BCUT2D eigenvalue weighted by molar-refractivity contribution is 8.19. The molecule has 3 aromatic rings. The van der Waals surface area contributed by atoms with Crippen LogP contribution in [0.4, 0.5) is 17.1 Å². The number of rotatable bonds is 4. The molecule has 182 valence electrons. The summed E-state index contributed by atoms with van der Waals surface area (Å²) in [4.78, 5) is 31.6. The molecule has 0 radical (unpaired) electrons. The number of aliphatic imine (C=N–C) groups is 1. The van der Waals surface area contributed by atoms with E-state index in [0.29, 0.717) is 27.3 Å². The molecule has 1 fully saturated rings. The van der Waals surface area contributed by atoms with Crippen LogP contribution in [0.5, 0.6) is 11.5 Å². The molecule has 0 unspecified atom stereocenters. The van der Waals surface area contributed by atoms with Gasteiger partial charge in [-0.3, -0.25) is 19.8 Å². The van der Waals surface area contributed by atoms with Crippen molar-refractivity contribution < 1.29 is 19.2 Å². The lowest BCUT2D eigenvalue weighted by molar-refractivity contribution is -0.385. The summed E-state index contributed by atoms with van der Waals surface area (Å²) in [7, 11) is 0. The van der Waals surface area contributed by atoms with Gasteiger partial charge in [-0.05, 0) is 98.1 Å². The first-order valence-electron chi connectivity index (χ1n) is 11.3. The molecular weight excluding hydrogens is 478 g/mol. The molecule has 0 bridgehead atoms. The highest BCUT2D eigenvalue weighted by Crippen LogP contribution is 2.42.